The van der Waals surface area contributed by atoms with E-state index in [2.05, 4.69) is 22.2 Å². The number of carbonyl (C=O) groups is 2. The summed E-state index contributed by atoms with van der Waals surface area (Å²) in [5.41, 5.74) is 0.816. The predicted octanol–water partition coefficient (Wildman–Crippen LogP) is 2.11. The quantitative estimate of drug-likeness (QED) is 0.765. The molecule has 1 aromatic heterocycles. The van der Waals surface area contributed by atoms with Gasteiger partial charge in [-0.05, 0) is 30.2 Å². The molecule has 0 aliphatic carbocycles. The monoisotopic (exact) mass is 327 g/mol. The third kappa shape index (κ3) is 4.74. The first kappa shape index (κ1) is 17.3. The molecule has 0 bridgehead atoms. The number of carbonyl (C=O) groups excluding carboxylic acids is 2. The number of nitrogens with one attached hydrogen (secondary N) is 2. The van der Waals surface area contributed by atoms with Crippen LogP contribution in [0.4, 0.5) is 4.39 Å². The fraction of sp³-hybridized carbons (Fsp3) is 0.167. The summed E-state index contributed by atoms with van der Waals surface area (Å²) in [5, 5.41) is 5.26. The molecule has 2 aromatic rings. The second-order valence-corrected chi connectivity index (χ2v) is 5.00. The first-order chi connectivity index (χ1) is 11.6. The van der Waals surface area contributed by atoms with Crippen LogP contribution in [0.15, 0.2) is 55.1 Å². The fourth-order valence-electron chi connectivity index (χ4n) is 2.05. The molecule has 0 aliphatic heterocycles. The van der Waals surface area contributed by atoms with E-state index in [0.717, 1.165) is 0 Å². The minimum atomic E-state index is -0.412. The van der Waals surface area contributed by atoms with E-state index in [4.69, 9.17) is 0 Å². The van der Waals surface area contributed by atoms with Crippen LogP contribution in [0.3, 0.4) is 0 Å². The topological polar surface area (TPSA) is 71.1 Å². The summed E-state index contributed by atoms with van der Waals surface area (Å²) in [5.74, 6) is -1.09. The summed E-state index contributed by atoms with van der Waals surface area (Å²) in [6.45, 7) is 4.10. The van der Waals surface area contributed by atoms with Crippen molar-refractivity contribution in [1.29, 1.82) is 0 Å². The van der Waals surface area contributed by atoms with Crippen molar-refractivity contribution < 1.29 is 14.0 Å². The van der Waals surface area contributed by atoms with Gasteiger partial charge in [-0.15, -0.1) is 6.58 Å². The van der Waals surface area contributed by atoms with Crippen molar-refractivity contribution in [3.8, 4) is 0 Å². The van der Waals surface area contributed by atoms with E-state index < -0.39 is 5.91 Å². The molecular formula is C18H18FN3O2. The van der Waals surface area contributed by atoms with Gasteiger partial charge in [-0.3, -0.25) is 9.59 Å². The number of hydrogen-bond donors (Lipinski definition) is 2. The number of aromatic nitrogens is 1. The van der Waals surface area contributed by atoms with Crippen LogP contribution in [-0.2, 0) is 6.42 Å². The summed E-state index contributed by atoms with van der Waals surface area (Å²) >= 11 is 0. The Labute approximate surface area is 139 Å². The minimum absolute atomic E-state index is 0.134. The molecular weight excluding hydrogens is 309 g/mol. The second kappa shape index (κ2) is 8.57. The summed E-state index contributed by atoms with van der Waals surface area (Å²) in [7, 11) is 0. The van der Waals surface area contributed by atoms with Crippen LogP contribution >= 0.6 is 0 Å². The molecule has 0 unspecified atom stereocenters. The molecule has 0 spiro atoms. The number of halogens is 1. The van der Waals surface area contributed by atoms with Gasteiger partial charge in [0.05, 0.1) is 0 Å². The maximum absolute atomic E-state index is 13.5. The zero-order valence-electron chi connectivity index (χ0n) is 13.1. The molecule has 6 heteroatoms. The lowest BCUT2D eigenvalue weighted by atomic mass is 10.1. The van der Waals surface area contributed by atoms with Crippen molar-refractivity contribution in [2.24, 2.45) is 0 Å². The summed E-state index contributed by atoms with van der Waals surface area (Å²) in [6, 6.07) is 11.0. The Bertz CT molecular complexity index is 747. The van der Waals surface area contributed by atoms with E-state index in [9.17, 15) is 14.0 Å². The normalized spacial score (nSPS) is 10.0. The molecule has 0 radical (unpaired) electrons. The second-order valence-electron chi connectivity index (χ2n) is 5.00. The number of amides is 2. The van der Waals surface area contributed by atoms with Crippen molar-refractivity contribution in [3.63, 3.8) is 0 Å². The van der Waals surface area contributed by atoms with Gasteiger partial charge in [0.2, 0.25) is 0 Å². The van der Waals surface area contributed by atoms with Crippen molar-refractivity contribution in [3.05, 3.63) is 77.9 Å². The molecule has 5 nitrogen and oxygen atoms in total. The van der Waals surface area contributed by atoms with Gasteiger partial charge in [-0.2, -0.15) is 0 Å². The first-order valence-corrected chi connectivity index (χ1v) is 7.49. The Morgan fingerprint density at radius 1 is 1.04 bits per heavy atom. The molecule has 2 rings (SSSR count). The molecule has 0 saturated heterocycles. The van der Waals surface area contributed by atoms with Gasteiger partial charge >= 0.3 is 0 Å². The van der Waals surface area contributed by atoms with E-state index in [1.807, 2.05) is 0 Å². The standard InChI is InChI=1S/C18H18FN3O2/c1-2-11-20-17(23)15-8-5-9-16(22-15)18(24)21-12-10-13-6-3-4-7-14(13)19/h2-9H,1,10-12H2,(H,20,23)(H,21,24). The lowest BCUT2D eigenvalue weighted by molar-refractivity contribution is 0.0946. The minimum Gasteiger partial charge on any atom is -0.350 e. The van der Waals surface area contributed by atoms with Crippen LogP contribution in [0.2, 0.25) is 0 Å². The average molecular weight is 327 g/mol. The Morgan fingerprint density at radius 3 is 2.38 bits per heavy atom. The highest BCUT2D eigenvalue weighted by Gasteiger charge is 2.11. The predicted molar refractivity (Wildman–Crippen MR) is 89.2 cm³/mol. The van der Waals surface area contributed by atoms with Crippen molar-refractivity contribution >= 4 is 11.8 Å². The number of benzene rings is 1. The van der Waals surface area contributed by atoms with E-state index in [1.165, 1.54) is 18.2 Å². The van der Waals surface area contributed by atoms with E-state index in [-0.39, 0.29) is 29.7 Å². The number of nitrogens with zero attached hydrogens (tertiary/aromatic N) is 1. The van der Waals surface area contributed by atoms with Crippen LogP contribution < -0.4 is 10.6 Å². The van der Waals surface area contributed by atoms with Crippen LogP contribution in [0, 0.1) is 5.82 Å². The van der Waals surface area contributed by atoms with Gasteiger partial charge in [0.1, 0.15) is 17.2 Å². The maximum Gasteiger partial charge on any atom is 0.270 e. The lowest BCUT2D eigenvalue weighted by Gasteiger charge is -2.07. The molecule has 0 fully saturated rings. The SMILES string of the molecule is C=CCNC(=O)c1cccc(C(=O)NCCc2ccccc2F)n1. The molecule has 0 saturated carbocycles. The van der Waals surface area contributed by atoms with Crippen molar-refractivity contribution in [2.75, 3.05) is 13.1 Å². The smallest absolute Gasteiger partial charge is 0.270 e. The third-order valence-electron chi connectivity index (χ3n) is 3.26. The Balaban J connectivity index is 1.94. The van der Waals surface area contributed by atoms with E-state index in [1.54, 1.807) is 30.3 Å². The van der Waals surface area contributed by atoms with Gasteiger partial charge < -0.3 is 10.6 Å². The highest BCUT2D eigenvalue weighted by molar-refractivity contribution is 5.96. The van der Waals surface area contributed by atoms with Gasteiger partial charge in [0, 0.05) is 13.1 Å². The molecule has 0 atom stereocenters. The van der Waals surface area contributed by atoms with Gasteiger partial charge in [0.15, 0.2) is 0 Å². The molecule has 2 N–H and O–H groups in total. The number of pyridine rings is 1. The van der Waals surface area contributed by atoms with Crippen LogP contribution in [0.1, 0.15) is 26.5 Å². The Morgan fingerprint density at radius 2 is 1.71 bits per heavy atom. The average Bonchev–Trinajstić information content (AvgIpc) is 2.61. The Kier molecular flexibility index (Phi) is 6.19. The molecule has 124 valence electrons. The molecule has 1 aromatic carbocycles. The maximum atomic E-state index is 13.5. The van der Waals surface area contributed by atoms with Crippen LogP contribution in [0.25, 0.3) is 0 Å². The zero-order chi connectivity index (χ0) is 17.4. The van der Waals surface area contributed by atoms with Crippen LogP contribution in [0.5, 0.6) is 0 Å². The molecule has 24 heavy (non-hydrogen) atoms. The first-order valence-electron chi connectivity index (χ1n) is 7.49. The number of rotatable bonds is 7. The third-order valence-corrected chi connectivity index (χ3v) is 3.26. The zero-order valence-corrected chi connectivity index (χ0v) is 13.1. The molecule has 2 amide bonds. The molecule has 1 heterocycles. The molecule has 0 aliphatic rings. The van der Waals surface area contributed by atoms with Gasteiger partial charge in [0.25, 0.3) is 11.8 Å². The lowest BCUT2D eigenvalue weighted by Crippen LogP contribution is -2.29. The van der Waals surface area contributed by atoms with E-state index >= 15 is 0 Å². The van der Waals surface area contributed by atoms with Crippen LogP contribution in [-0.4, -0.2) is 29.9 Å². The summed E-state index contributed by atoms with van der Waals surface area (Å²) < 4.78 is 13.5. The Hall–Kier alpha value is -3.02. The summed E-state index contributed by atoms with van der Waals surface area (Å²) in [6.07, 6.45) is 1.93. The fourth-order valence-corrected chi connectivity index (χ4v) is 2.05. The largest absolute Gasteiger partial charge is 0.350 e. The summed E-state index contributed by atoms with van der Waals surface area (Å²) in [4.78, 5) is 27.9. The highest BCUT2D eigenvalue weighted by Crippen LogP contribution is 2.06. The van der Waals surface area contributed by atoms with Gasteiger partial charge in [-0.1, -0.05) is 30.3 Å². The highest BCUT2D eigenvalue weighted by atomic mass is 19.1. The van der Waals surface area contributed by atoms with Crippen molar-refractivity contribution in [2.45, 2.75) is 6.42 Å². The van der Waals surface area contributed by atoms with E-state index in [0.29, 0.717) is 18.5 Å². The van der Waals surface area contributed by atoms with Crippen molar-refractivity contribution in [1.82, 2.24) is 15.6 Å². The van der Waals surface area contributed by atoms with Gasteiger partial charge in [-0.25, -0.2) is 9.37 Å². The number of hydrogen-bond acceptors (Lipinski definition) is 3.